The second kappa shape index (κ2) is 7.92. The van der Waals surface area contributed by atoms with Crippen molar-refractivity contribution >= 4 is 11.7 Å². The van der Waals surface area contributed by atoms with Gasteiger partial charge in [-0.2, -0.15) is 0 Å². The first-order valence-corrected chi connectivity index (χ1v) is 8.45. The van der Waals surface area contributed by atoms with Gasteiger partial charge < -0.3 is 14.5 Å². The SMILES string of the molecule is CN(C)c1nccnc1OC1CCCN(C(=O)Cc2cccnc2)C1. The van der Waals surface area contributed by atoms with Gasteiger partial charge in [0.15, 0.2) is 5.82 Å². The molecule has 0 radical (unpaired) electrons. The van der Waals surface area contributed by atoms with Crippen LogP contribution in [-0.2, 0) is 11.2 Å². The molecule has 0 spiro atoms. The number of hydrogen-bond donors (Lipinski definition) is 0. The fraction of sp³-hybridized carbons (Fsp3) is 0.444. The number of likely N-dealkylation sites (tertiary alicyclic amines) is 1. The van der Waals surface area contributed by atoms with Crippen molar-refractivity contribution in [3.63, 3.8) is 0 Å². The summed E-state index contributed by atoms with van der Waals surface area (Å²) in [4.78, 5) is 28.9. The van der Waals surface area contributed by atoms with Crippen molar-refractivity contribution in [2.45, 2.75) is 25.4 Å². The second-order valence-electron chi connectivity index (χ2n) is 6.34. The number of nitrogens with zero attached hydrogens (tertiary/aromatic N) is 5. The standard InChI is InChI=1S/C18H23N5O2/c1-22(2)17-18(21-9-8-20-17)25-15-6-4-10-23(13-15)16(24)11-14-5-3-7-19-12-14/h3,5,7-9,12,15H,4,6,10-11,13H2,1-2H3. The molecule has 1 atom stereocenters. The van der Waals surface area contributed by atoms with E-state index >= 15 is 0 Å². The predicted molar refractivity (Wildman–Crippen MR) is 94.5 cm³/mol. The van der Waals surface area contributed by atoms with Crippen molar-refractivity contribution in [2.75, 3.05) is 32.1 Å². The molecule has 3 heterocycles. The van der Waals surface area contributed by atoms with Gasteiger partial charge in [0.25, 0.3) is 5.88 Å². The predicted octanol–water partition coefficient (Wildman–Crippen LogP) is 1.55. The molecule has 0 aromatic carbocycles. The first kappa shape index (κ1) is 17.1. The van der Waals surface area contributed by atoms with E-state index in [1.807, 2.05) is 36.0 Å². The minimum Gasteiger partial charge on any atom is -0.470 e. The molecule has 132 valence electrons. The quantitative estimate of drug-likeness (QED) is 0.822. The largest absolute Gasteiger partial charge is 0.470 e. The molecule has 7 nitrogen and oxygen atoms in total. The van der Waals surface area contributed by atoms with E-state index in [1.54, 1.807) is 24.8 Å². The van der Waals surface area contributed by atoms with Crippen LogP contribution < -0.4 is 9.64 Å². The molecule has 1 unspecified atom stereocenters. The zero-order chi connectivity index (χ0) is 17.6. The lowest BCUT2D eigenvalue weighted by atomic mass is 10.1. The maximum absolute atomic E-state index is 12.5. The molecule has 2 aromatic heterocycles. The Morgan fingerprint density at radius 3 is 2.92 bits per heavy atom. The molecular weight excluding hydrogens is 318 g/mol. The Hall–Kier alpha value is -2.70. The van der Waals surface area contributed by atoms with Gasteiger partial charge in [0.1, 0.15) is 6.10 Å². The normalized spacial score (nSPS) is 17.2. The lowest BCUT2D eigenvalue weighted by Gasteiger charge is -2.33. The summed E-state index contributed by atoms with van der Waals surface area (Å²) in [7, 11) is 3.81. The first-order valence-electron chi connectivity index (χ1n) is 8.45. The highest BCUT2D eigenvalue weighted by atomic mass is 16.5. The summed E-state index contributed by atoms with van der Waals surface area (Å²) < 4.78 is 6.06. The van der Waals surface area contributed by atoms with Crippen LogP contribution in [0.4, 0.5) is 5.82 Å². The van der Waals surface area contributed by atoms with E-state index in [2.05, 4.69) is 15.0 Å². The number of pyridine rings is 1. The lowest BCUT2D eigenvalue weighted by Crippen LogP contribution is -2.45. The van der Waals surface area contributed by atoms with Crippen LogP contribution in [0, 0.1) is 0 Å². The zero-order valence-electron chi connectivity index (χ0n) is 14.6. The molecule has 25 heavy (non-hydrogen) atoms. The fourth-order valence-electron chi connectivity index (χ4n) is 2.92. The van der Waals surface area contributed by atoms with Gasteiger partial charge in [-0.15, -0.1) is 0 Å². The van der Waals surface area contributed by atoms with Crippen molar-refractivity contribution < 1.29 is 9.53 Å². The highest BCUT2D eigenvalue weighted by Crippen LogP contribution is 2.24. The number of carbonyl (C=O) groups excluding carboxylic acids is 1. The average molecular weight is 341 g/mol. The van der Waals surface area contributed by atoms with Crippen molar-refractivity contribution in [1.82, 2.24) is 19.9 Å². The van der Waals surface area contributed by atoms with Crippen LogP contribution in [-0.4, -0.2) is 59.0 Å². The van der Waals surface area contributed by atoms with E-state index < -0.39 is 0 Å². The highest BCUT2D eigenvalue weighted by Gasteiger charge is 2.26. The third-order valence-corrected chi connectivity index (χ3v) is 4.16. The van der Waals surface area contributed by atoms with Gasteiger partial charge in [-0.25, -0.2) is 9.97 Å². The summed E-state index contributed by atoms with van der Waals surface area (Å²) in [6, 6.07) is 3.77. The monoisotopic (exact) mass is 341 g/mol. The van der Waals surface area contributed by atoms with E-state index in [-0.39, 0.29) is 12.0 Å². The van der Waals surface area contributed by atoms with Crippen LogP contribution >= 0.6 is 0 Å². The molecule has 0 saturated carbocycles. The number of aromatic nitrogens is 3. The molecular formula is C18H23N5O2. The van der Waals surface area contributed by atoms with Crippen molar-refractivity contribution in [2.24, 2.45) is 0 Å². The van der Waals surface area contributed by atoms with Gasteiger partial charge in [-0.05, 0) is 24.5 Å². The van der Waals surface area contributed by atoms with E-state index in [9.17, 15) is 4.79 Å². The third kappa shape index (κ3) is 4.43. The van der Waals surface area contributed by atoms with Crippen LogP contribution in [0.5, 0.6) is 5.88 Å². The summed E-state index contributed by atoms with van der Waals surface area (Å²) in [5.41, 5.74) is 0.930. The second-order valence-corrected chi connectivity index (χ2v) is 6.34. The molecule has 1 fully saturated rings. The number of hydrogen-bond acceptors (Lipinski definition) is 6. The van der Waals surface area contributed by atoms with E-state index in [4.69, 9.17) is 4.74 Å². The number of rotatable bonds is 5. The third-order valence-electron chi connectivity index (χ3n) is 4.16. The van der Waals surface area contributed by atoms with Crippen LogP contribution in [0.1, 0.15) is 18.4 Å². The number of amides is 1. The van der Waals surface area contributed by atoms with Gasteiger partial charge in [-0.3, -0.25) is 9.78 Å². The molecule has 7 heteroatoms. The number of carbonyl (C=O) groups is 1. The van der Waals surface area contributed by atoms with Crippen molar-refractivity contribution in [3.8, 4) is 5.88 Å². The van der Waals surface area contributed by atoms with Crippen LogP contribution in [0.3, 0.4) is 0 Å². The summed E-state index contributed by atoms with van der Waals surface area (Å²) in [5, 5.41) is 0. The zero-order valence-corrected chi connectivity index (χ0v) is 14.6. The minimum absolute atomic E-state index is 0.0676. The molecule has 2 aromatic rings. The Kier molecular flexibility index (Phi) is 5.42. The molecule has 3 rings (SSSR count). The Labute approximate surface area is 147 Å². The number of anilines is 1. The van der Waals surface area contributed by atoms with E-state index in [0.717, 1.165) is 24.9 Å². The molecule has 1 aliphatic rings. The fourth-order valence-corrected chi connectivity index (χ4v) is 2.92. The van der Waals surface area contributed by atoms with Gasteiger partial charge in [0.2, 0.25) is 5.91 Å². The van der Waals surface area contributed by atoms with Gasteiger partial charge >= 0.3 is 0 Å². The summed E-state index contributed by atoms with van der Waals surface area (Å²) in [6.45, 7) is 1.34. The maximum Gasteiger partial charge on any atom is 0.257 e. The van der Waals surface area contributed by atoms with Gasteiger partial charge in [0.05, 0.1) is 13.0 Å². The van der Waals surface area contributed by atoms with Crippen LogP contribution in [0.2, 0.25) is 0 Å². The van der Waals surface area contributed by atoms with Crippen molar-refractivity contribution in [1.29, 1.82) is 0 Å². The molecule has 1 saturated heterocycles. The van der Waals surface area contributed by atoms with E-state index in [0.29, 0.717) is 24.7 Å². The molecule has 0 aliphatic carbocycles. The topological polar surface area (TPSA) is 71.5 Å². The van der Waals surface area contributed by atoms with Gasteiger partial charge in [-0.1, -0.05) is 6.07 Å². The van der Waals surface area contributed by atoms with E-state index in [1.165, 1.54) is 0 Å². The smallest absolute Gasteiger partial charge is 0.257 e. The average Bonchev–Trinajstić information content (AvgIpc) is 2.63. The molecule has 0 bridgehead atoms. The molecule has 1 aliphatic heterocycles. The Balaban J connectivity index is 1.62. The van der Waals surface area contributed by atoms with Gasteiger partial charge in [0, 0.05) is 45.4 Å². The molecule has 1 amide bonds. The Morgan fingerprint density at radius 1 is 1.32 bits per heavy atom. The summed E-state index contributed by atoms with van der Waals surface area (Å²) in [6.07, 6.45) is 8.83. The number of ether oxygens (including phenoxy) is 1. The van der Waals surface area contributed by atoms with Crippen molar-refractivity contribution in [3.05, 3.63) is 42.5 Å². The lowest BCUT2D eigenvalue weighted by molar-refractivity contribution is -0.133. The minimum atomic E-state index is -0.0676. The Morgan fingerprint density at radius 2 is 2.16 bits per heavy atom. The summed E-state index contributed by atoms with van der Waals surface area (Å²) >= 11 is 0. The van der Waals surface area contributed by atoms with Crippen LogP contribution in [0.25, 0.3) is 0 Å². The first-order chi connectivity index (χ1) is 12.1. The highest BCUT2D eigenvalue weighted by molar-refractivity contribution is 5.78. The summed E-state index contributed by atoms with van der Waals surface area (Å²) in [5.74, 6) is 1.31. The maximum atomic E-state index is 12.5. The number of piperidine rings is 1. The van der Waals surface area contributed by atoms with Crippen LogP contribution in [0.15, 0.2) is 36.9 Å². The molecule has 0 N–H and O–H groups in total. The Bertz CT molecular complexity index is 708.